The summed E-state index contributed by atoms with van der Waals surface area (Å²) in [4.78, 5) is 39.7. The van der Waals surface area contributed by atoms with Gasteiger partial charge in [-0.25, -0.2) is 9.18 Å². The average Bonchev–Trinajstić information content (AvgIpc) is 3.62. The Kier molecular flexibility index (Phi) is 4.39. The molecule has 1 fully saturated rings. The monoisotopic (exact) mass is 493 g/mol. The number of ether oxygens (including phenoxy) is 2. The number of hydrogen-bond donors (Lipinski definition) is 2. The molecule has 5 heterocycles. The minimum Gasteiger partial charge on any atom is -0.489 e. The van der Waals surface area contributed by atoms with Gasteiger partial charge in [-0.3, -0.25) is 9.59 Å². The van der Waals surface area contributed by atoms with Crippen LogP contribution in [0.1, 0.15) is 48.6 Å². The van der Waals surface area contributed by atoms with E-state index >= 15 is 4.39 Å². The van der Waals surface area contributed by atoms with Gasteiger partial charge in [-0.15, -0.1) is 0 Å². The molecule has 1 saturated carbocycles. The van der Waals surface area contributed by atoms with Gasteiger partial charge in [0.2, 0.25) is 0 Å². The number of aliphatic hydroxyl groups is 1. The Balaban J connectivity index is 1.50. The lowest BCUT2D eigenvalue weighted by molar-refractivity contribution is -0.172. The second-order valence-corrected chi connectivity index (χ2v) is 9.97. The summed E-state index contributed by atoms with van der Waals surface area (Å²) >= 11 is 0. The summed E-state index contributed by atoms with van der Waals surface area (Å²) in [6.45, 7) is 2.59. The summed E-state index contributed by atoms with van der Waals surface area (Å²) in [5.41, 5.74) is -0.249. The molecule has 0 spiro atoms. The highest BCUT2D eigenvalue weighted by molar-refractivity contribution is 5.92. The molecule has 0 unspecified atom stereocenters. The van der Waals surface area contributed by atoms with Crippen LogP contribution in [0.4, 0.5) is 4.39 Å². The summed E-state index contributed by atoms with van der Waals surface area (Å²) in [7, 11) is 0. The van der Waals surface area contributed by atoms with Crippen molar-refractivity contribution in [2.24, 2.45) is 0 Å². The van der Waals surface area contributed by atoms with Crippen LogP contribution in [0, 0.1) is 5.82 Å². The van der Waals surface area contributed by atoms with Gasteiger partial charge in [-0.1, -0.05) is 6.92 Å². The molecule has 9 nitrogen and oxygen atoms in total. The normalized spacial score (nSPS) is 21.6. The highest BCUT2D eigenvalue weighted by Crippen LogP contribution is 2.41. The number of hydrogen-bond acceptors (Lipinski definition) is 7. The van der Waals surface area contributed by atoms with E-state index in [0.717, 1.165) is 12.8 Å². The Morgan fingerprint density at radius 2 is 2.00 bits per heavy atom. The number of rotatable bonds is 4. The van der Waals surface area contributed by atoms with Gasteiger partial charge >= 0.3 is 5.97 Å². The van der Waals surface area contributed by atoms with Crippen LogP contribution in [-0.4, -0.2) is 32.9 Å². The fourth-order valence-electron chi connectivity index (χ4n) is 5.81. The number of cyclic esters (lactones) is 1. The molecule has 1 aromatic carbocycles. The molecule has 1 atom stereocenters. The number of benzene rings is 1. The zero-order valence-corrected chi connectivity index (χ0v) is 19.6. The highest BCUT2D eigenvalue weighted by atomic mass is 19.1. The van der Waals surface area contributed by atoms with Gasteiger partial charge in [0.15, 0.2) is 16.8 Å². The van der Waals surface area contributed by atoms with Gasteiger partial charge in [0, 0.05) is 23.7 Å². The quantitative estimate of drug-likeness (QED) is 0.416. The number of pyridine rings is 2. The Bertz CT molecular complexity index is 1640. The van der Waals surface area contributed by atoms with Crippen LogP contribution in [0.15, 0.2) is 21.7 Å². The Morgan fingerprint density at radius 1 is 1.19 bits per heavy atom. The van der Waals surface area contributed by atoms with Gasteiger partial charge in [-0.05, 0) is 31.4 Å². The maximum Gasteiger partial charge on any atom is 0.343 e. The smallest absolute Gasteiger partial charge is 0.343 e. The van der Waals surface area contributed by atoms with Crippen molar-refractivity contribution in [1.82, 2.24) is 14.5 Å². The fourth-order valence-corrected chi connectivity index (χ4v) is 5.81. The van der Waals surface area contributed by atoms with Crippen LogP contribution < -0.4 is 21.0 Å². The molecular formula is C26H24FN3O6. The molecule has 7 rings (SSSR count). The molecule has 2 aromatic heterocycles. The van der Waals surface area contributed by atoms with Crippen molar-refractivity contribution in [3.63, 3.8) is 0 Å². The molecule has 4 aliphatic rings. The maximum absolute atomic E-state index is 15.3. The summed E-state index contributed by atoms with van der Waals surface area (Å²) in [6, 6.07) is 3.19. The van der Waals surface area contributed by atoms with Crippen LogP contribution >= 0.6 is 0 Å². The van der Waals surface area contributed by atoms with Crippen LogP contribution in [0.3, 0.4) is 0 Å². The van der Waals surface area contributed by atoms with Gasteiger partial charge in [0.05, 0.1) is 46.5 Å². The molecule has 1 aliphatic carbocycles. The second-order valence-electron chi connectivity index (χ2n) is 9.97. The largest absolute Gasteiger partial charge is 0.489 e. The van der Waals surface area contributed by atoms with Crippen molar-refractivity contribution in [2.45, 2.75) is 64.1 Å². The van der Waals surface area contributed by atoms with E-state index in [0.29, 0.717) is 54.0 Å². The summed E-state index contributed by atoms with van der Waals surface area (Å²) in [5.74, 6) is -0.965. The zero-order valence-electron chi connectivity index (χ0n) is 19.6. The van der Waals surface area contributed by atoms with Crippen molar-refractivity contribution in [3.8, 4) is 17.0 Å². The number of carbonyl (C=O) groups is 1. The molecule has 2 N–H and O–H groups in total. The second kappa shape index (κ2) is 7.27. The van der Waals surface area contributed by atoms with Gasteiger partial charge < -0.3 is 29.0 Å². The molecule has 10 heteroatoms. The summed E-state index contributed by atoms with van der Waals surface area (Å²) in [5, 5.41) is 14.6. The first kappa shape index (κ1) is 21.8. The number of fused-ring (bicyclic) bond motifs is 5. The zero-order chi connectivity index (χ0) is 24.9. The van der Waals surface area contributed by atoms with Crippen LogP contribution in [0.25, 0.3) is 22.2 Å². The first-order valence-electron chi connectivity index (χ1n) is 12.3. The number of carbonyl (C=O) groups excluding carboxylic acids is 1. The SMILES string of the molecule is CC[C@@]1(O)C(=O)OCc2c1cc1n(c2=O)Cc2c-1c(=O)c1cc(F)c(CNC3CC3)c3c1n2CCO3. The Hall–Kier alpha value is -3.50. The minimum atomic E-state index is -1.97. The van der Waals surface area contributed by atoms with E-state index in [1.165, 1.54) is 10.6 Å². The number of nitrogens with zero attached hydrogens (tertiary/aromatic N) is 2. The molecule has 0 bridgehead atoms. The molecule has 36 heavy (non-hydrogen) atoms. The predicted octanol–water partition coefficient (Wildman–Crippen LogP) is 1.63. The lowest BCUT2D eigenvalue weighted by atomic mass is 9.85. The number of aromatic nitrogens is 2. The molecular weight excluding hydrogens is 469 g/mol. The van der Waals surface area contributed by atoms with Crippen molar-refractivity contribution in [2.75, 3.05) is 6.61 Å². The van der Waals surface area contributed by atoms with Crippen molar-refractivity contribution in [3.05, 3.63) is 60.9 Å². The first-order valence-corrected chi connectivity index (χ1v) is 12.3. The van der Waals surface area contributed by atoms with Crippen LogP contribution in [-0.2, 0) is 41.4 Å². The number of esters is 1. The van der Waals surface area contributed by atoms with E-state index in [9.17, 15) is 19.5 Å². The average molecular weight is 493 g/mol. The fraction of sp³-hybridized carbons (Fsp3) is 0.423. The van der Waals surface area contributed by atoms with Crippen molar-refractivity contribution < 1.29 is 23.8 Å². The van der Waals surface area contributed by atoms with Gasteiger partial charge in [0.25, 0.3) is 5.56 Å². The minimum absolute atomic E-state index is 0.0140. The van der Waals surface area contributed by atoms with Crippen LogP contribution in [0.5, 0.6) is 5.75 Å². The van der Waals surface area contributed by atoms with E-state index in [2.05, 4.69) is 5.32 Å². The summed E-state index contributed by atoms with van der Waals surface area (Å²) in [6.07, 6.45) is 2.13. The third-order valence-electron chi connectivity index (χ3n) is 7.97. The lowest BCUT2D eigenvalue weighted by Gasteiger charge is -2.31. The van der Waals surface area contributed by atoms with Gasteiger partial charge in [-0.2, -0.15) is 0 Å². The van der Waals surface area contributed by atoms with Crippen molar-refractivity contribution in [1.29, 1.82) is 0 Å². The molecule has 0 amide bonds. The topological polar surface area (TPSA) is 112 Å². The molecule has 3 aliphatic heterocycles. The number of nitrogens with one attached hydrogen (secondary N) is 1. The van der Waals surface area contributed by atoms with E-state index < -0.39 is 28.4 Å². The molecule has 186 valence electrons. The van der Waals surface area contributed by atoms with Crippen molar-refractivity contribution >= 4 is 16.9 Å². The van der Waals surface area contributed by atoms with E-state index in [1.54, 1.807) is 13.0 Å². The van der Waals surface area contributed by atoms with Gasteiger partial charge in [0.1, 0.15) is 19.0 Å². The highest BCUT2D eigenvalue weighted by Gasteiger charge is 2.45. The third kappa shape index (κ3) is 2.74. The van der Waals surface area contributed by atoms with E-state index in [1.807, 2.05) is 4.57 Å². The Labute approximate surface area is 204 Å². The molecule has 3 aromatic rings. The lowest BCUT2D eigenvalue weighted by Crippen LogP contribution is -2.44. The standard InChI is InChI=1S/C26H24FN3O6/c1-2-26(34)16-8-18-20-19(10-30(18)24(32)15(16)11-36-25(26)33)29-5-6-35-23-14(9-28-12-3-4-12)17(27)7-13(21(23)29)22(20)31/h7-8,12,28,34H,2-6,9-11H2,1H3/t26-/m0/s1. The molecule has 0 radical (unpaired) electrons. The number of halogens is 1. The first-order chi connectivity index (χ1) is 17.3. The maximum atomic E-state index is 15.3. The Morgan fingerprint density at radius 3 is 2.75 bits per heavy atom. The van der Waals surface area contributed by atoms with Crippen LogP contribution in [0.2, 0.25) is 0 Å². The molecule has 0 saturated heterocycles. The van der Waals surface area contributed by atoms with E-state index in [-0.39, 0.29) is 41.6 Å². The van der Waals surface area contributed by atoms with E-state index in [4.69, 9.17) is 9.47 Å². The predicted molar refractivity (Wildman–Crippen MR) is 126 cm³/mol. The third-order valence-corrected chi connectivity index (χ3v) is 7.97. The summed E-state index contributed by atoms with van der Waals surface area (Å²) < 4.78 is 29.8.